The largest absolute Gasteiger partial charge is 0.495 e. The van der Waals surface area contributed by atoms with E-state index in [2.05, 4.69) is 17.6 Å². The number of rotatable bonds is 4. The summed E-state index contributed by atoms with van der Waals surface area (Å²) < 4.78 is 5.27. The quantitative estimate of drug-likeness (QED) is 0.874. The van der Waals surface area contributed by atoms with Crippen molar-refractivity contribution in [2.24, 2.45) is 0 Å². The second-order valence-electron chi connectivity index (χ2n) is 4.97. The number of amides is 2. The molecule has 0 radical (unpaired) electrons. The van der Waals surface area contributed by atoms with Crippen LogP contribution >= 0.6 is 0 Å². The molecule has 0 unspecified atom stereocenters. The van der Waals surface area contributed by atoms with Crippen LogP contribution in [0.1, 0.15) is 38.2 Å². The van der Waals surface area contributed by atoms with Gasteiger partial charge < -0.3 is 15.4 Å². The molecular weight excluding hydrogens is 240 g/mol. The third kappa shape index (κ3) is 3.63. The minimum atomic E-state index is -0.140. The molecule has 104 valence electrons. The molecule has 0 saturated heterocycles. The van der Waals surface area contributed by atoms with Gasteiger partial charge in [0.1, 0.15) is 5.75 Å². The molecule has 2 rings (SSSR count). The van der Waals surface area contributed by atoms with Gasteiger partial charge in [-0.25, -0.2) is 4.79 Å². The SMILES string of the molecule is CCc1ccc(OC)c(NC(=O)NC2CCCC2)c1. The maximum atomic E-state index is 12.0. The topological polar surface area (TPSA) is 50.4 Å². The van der Waals surface area contributed by atoms with Crippen LogP contribution in [-0.2, 0) is 6.42 Å². The number of nitrogens with one attached hydrogen (secondary N) is 2. The van der Waals surface area contributed by atoms with E-state index in [0.717, 1.165) is 24.9 Å². The van der Waals surface area contributed by atoms with Crippen LogP contribution in [0.25, 0.3) is 0 Å². The molecule has 19 heavy (non-hydrogen) atoms. The molecule has 1 aromatic carbocycles. The average Bonchev–Trinajstić information content (AvgIpc) is 2.91. The molecule has 1 fully saturated rings. The molecule has 4 heteroatoms. The maximum Gasteiger partial charge on any atom is 0.319 e. The smallest absolute Gasteiger partial charge is 0.319 e. The van der Waals surface area contributed by atoms with Gasteiger partial charge in [0.25, 0.3) is 0 Å². The Bertz CT molecular complexity index is 440. The van der Waals surface area contributed by atoms with Gasteiger partial charge >= 0.3 is 6.03 Å². The number of urea groups is 1. The lowest BCUT2D eigenvalue weighted by Crippen LogP contribution is -2.36. The fraction of sp³-hybridized carbons (Fsp3) is 0.533. The van der Waals surface area contributed by atoms with Gasteiger partial charge in [0.15, 0.2) is 0 Å². The Balaban J connectivity index is 2.01. The second-order valence-corrected chi connectivity index (χ2v) is 4.97. The molecule has 1 aliphatic carbocycles. The fourth-order valence-electron chi connectivity index (χ4n) is 2.49. The molecule has 0 aromatic heterocycles. The molecule has 0 aliphatic heterocycles. The summed E-state index contributed by atoms with van der Waals surface area (Å²) in [5.41, 5.74) is 1.91. The van der Waals surface area contributed by atoms with Crippen molar-refractivity contribution in [1.82, 2.24) is 5.32 Å². The number of aryl methyl sites for hydroxylation is 1. The molecule has 0 spiro atoms. The van der Waals surface area contributed by atoms with Gasteiger partial charge in [0, 0.05) is 6.04 Å². The van der Waals surface area contributed by atoms with Crippen LogP contribution in [0.4, 0.5) is 10.5 Å². The highest BCUT2D eigenvalue weighted by atomic mass is 16.5. The van der Waals surface area contributed by atoms with E-state index in [1.165, 1.54) is 18.4 Å². The van der Waals surface area contributed by atoms with Crippen molar-refractivity contribution in [3.05, 3.63) is 23.8 Å². The van der Waals surface area contributed by atoms with Gasteiger partial charge in [-0.2, -0.15) is 0 Å². The molecule has 2 amide bonds. The zero-order chi connectivity index (χ0) is 13.7. The lowest BCUT2D eigenvalue weighted by Gasteiger charge is -2.15. The Morgan fingerprint density at radius 1 is 1.37 bits per heavy atom. The van der Waals surface area contributed by atoms with Gasteiger partial charge in [-0.1, -0.05) is 25.8 Å². The maximum absolute atomic E-state index is 12.0. The first kappa shape index (κ1) is 13.7. The Labute approximate surface area is 114 Å². The third-order valence-corrected chi connectivity index (χ3v) is 3.61. The standard InChI is InChI=1S/C15H22N2O2/c1-3-11-8-9-14(19-2)13(10-11)17-15(18)16-12-6-4-5-7-12/h8-10,12H,3-7H2,1-2H3,(H2,16,17,18). The fourth-order valence-corrected chi connectivity index (χ4v) is 2.49. The third-order valence-electron chi connectivity index (χ3n) is 3.61. The lowest BCUT2D eigenvalue weighted by molar-refractivity contribution is 0.248. The minimum Gasteiger partial charge on any atom is -0.495 e. The first-order valence-electron chi connectivity index (χ1n) is 6.97. The van der Waals surface area contributed by atoms with E-state index in [-0.39, 0.29) is 6.03 Å². The van der Waals surface area contributed by atoms with E-state index in [9.17, 15) is 4.79 Å². The lowest BCUT2D eigenvalue weighted by atomic mass is 10.1. The number of carbonyl (C=O) groups excluding carboxylic acids is 1. The van der Waals surface area contributed by atoms with Crippen LogP contribution in [0.2, 0.25) is 0 Å². The molecule has 2 N–H and O–H groups in total. The number of ether oxygens (including phenoxy) is 1. The summed E-state index contributed by atoms with van der Waals surface area (Å²) in [6, 6.07) is 6.05. The van der Waals surface area contributed by atoms with Crippen LogP contribution in [0.5, 0.6) is 5.75 Å². The summed E-state index contributed by atoms with van der Waals surface area (Å²) in [7, 11) is 1.61. The van der Waals surface area contributed by atoms with E-state index < -0.39 is 0 Å². The van der Waals surface area contributed by atoms with Gasteiger partial charge in [-0.15, -0.1) is 0 Å². The number of anilines is 1. The second kappa shape index (κ2) is 6.45. The van der Waals surface area contributed by atoms with Crippen molar-refractivity contribution in [2.45, 2.75) is 45.1 Å². The minimum absolute atomic E-state index is 0.140. The monoisotopic (exact) mass is 262 g/mol. The molecule has 1 aliphatic rings. The Hall–Kier alpha value is -1.71. The zero-order valence-corrected chi connectivity index (χ0v) is 11.7. The molecular formula is C15H22N2O2. The van der Waals surface area contributed by atoms with Crippen molar-refractivity contribution in [3.8, 4) is 5.75 Å². The van der Waals surface area contributed by atoms with Crippen LogP contribution in [0, 0.1) is 0 Å². The Morgan fingerprint density at radius 3 is 2.74 bits per heavy atom. The van der Waals surface area contributed by atoms with Crippen molar-refractivity contribution in [1.29, 1.82) is 0 Å². The summed E-state index contributed by atoms with van der Waals surface area (Å²) in [6.45, 7) is 2.09. The van der Waals surface area contributed by atoms with Crippen molar-refractivity contribution in [3.63, 3.8) is 0 Å². The summed E-state index contributed by atoms with van der Waals surface area (Å²) in [4.78, 5) is 12.0. The van der Waals surface area contributed by atoms with Crippen molar-refractivity contribution < 1.29 is 9.53 Å². The normalized spacial score (nSPS) is 15.3. The van der Waals surface area contributed by atoms with Gasteiger partial charge in [0.2, 0.25) is 0 Å². The number of hydrogen-bond donors (Lipinski definition) is 2. The molecule has 1 aromatic rings. The van der Waals surface area contributed by atoms with Crippen LogP contribution in [0.3, 0.4) is 0 Å². The number of benzene rings is 1. The van der Waals surface area contributed by atoms with E-state index in [1.54, 1.807) is 7.11 Å². The van der Waals surface area contributed by atoms with E-state index in [1.807, 2.05) is 18.2 Å². The summed E-state index contributed by atoms with van der Waals surface area (Å²) in [6.07, 6.45) is 5.52. The van der Waals surface area contributed by atoms with Crippen molar-refractivity contribution in [2.75, 3.05) is 12.4 Å². The predicted octanol–water partition coefficient (Wildman–Crippen LogP) is 3.32. The van der Waals surface area contributed by atoms with Crippen LogP contribution < -0.4 is 15.4 Å². The number of hydrogen-bond acceptors (Lipinski definition) is 2. The van der Waals surface area contributed by atoms with Gasteiger partial charge in [0.05, 0.1) is 12.8 Å². The van der Waals surface area contributed by atoms with E-state index in [4.69, 9.17) is 4.74 Å². The van der Waals surface area contributed by atoms with Gasteiger partial charge in [-0.05, 0) is 37.0 Å². The van der Waals surface area contributed by atoms with E-state index in [0.29, 0.717) is 11.8 Å². The highest BCUT2D eigenvalue weighted by molar-refractivity contribution is 5.91. The van der Waals surface area contributed by atoms with Crippen LogP contribution in [-0.4, -0.2) is 19.2 Å². The summed E-state index contributed by atoms with van der Waals surface area (Å²) in [5.74, 6) is 0.693. The zero-order valence-electron chi connectivity index (χ0n) is 11.7. The first-order valence-corrected chi connectivity index (χ1v) is 6.97. The predicted molar refractivity (Wildman–Crippen MR) is 76.8 cm³/mol. The molecule has 4 nitrogen and oxygen atoms in total. The number of methoxy groups -OCH3 is 1. The highest BCUT2D eigenvalue weighted by Gasteiger charge is 2.17. The molecule has 0 bridgehead atoms. The highest BCUT2D eigenvalue weighted by Crippen LogP contribution is 2.26. The van der Waals surface area contributed by atoms with Crippen molar-refractivity contribution >= 4 is 11.7 Å². The Kier molecular flexibility index (Phi) is 4.66. The molecule has 0 heterocycles. The number of carbonyl (C=O) groups is 1. The Morgan fingerprint density at radius 2 is 2.11 bits per heavy atom. The summed E-state index contributed by atoms with van der Waals surface area (Å²) in [5, 5.41) is 5.90. The van der Waals surface area contributed by atoms with Gasteiger partial charge in [-0.3, -0.25) is 0 Å². The van der Waals surface area contributed by atoms with E-state index >= 15 is 0 Å². The average molecular weight is 262 g/mol. The first-order chi connectivity index (χ1) is 9.22. The summed E-state index contributed by atoms with van der Waals surface area (Å²) >= 11 is 0. The van der Waals surface area contributed by atoms with Crippen LogP contribution in [0.15, 0.2) is 18.2 Å². The molecule has 0 atom stereocenters. The molecule has 1 saturated carbocycles.